The van der Waals surface area contributed by atoms with Gasteiger partial charge >= 0.3 is 0 Å². The molecule has 0 aliphatic carbocycles. The first kappa shape index (κ1) is 18.6. The molecule has 1 N–H and O–H groups in total. The van der Waals surface area contributed by atoms with Crippen molar-refractivity contribution in [3.05, 3.63) is 0 Å². The Morgan fingerprint density at radius 1 is 1.04 bits per heavy atom. The predicted octanol–water partition coefficient (Wildman–Crippen LogP) is 1.08. The van der Waals surface area contributed by atoms with Crippen LogP contribution in [0.3, 0.4) is 0 Å². The Labute approximate surface area is 151 Å². The summed E-state index contributed by atoms with van der Waals surface area (Å²) in [5.41, 5.74) is -0.392. The molecule has 142 valence electrons. The minimum absolute atomic E-state index is 0.00589. The fourth-order valence-corrected chi connectivity index (χ4v) is 5.09. The smallest absolute Gasteiger partial charge is 0.236 e. The third kappa shape index (κ3) is 3.85. The highest BCUT2D eigenvalue weighted by atomic mass is 16.3. The zero-order valence-corrected chi connectivity index (χ0v) is 15.8. The second kappa shape index (κ2) is 7.23. The molecule has 6 nitrogen and oxygen atoms in total. The van der Waals surface area contributed by atoms with E-state index in [4.69, 9.17) is 0 Å². The van der Waals surface area contributed by atoms with Gasteiger partial charge in [0, 0.05) is 26.6 Å². The van der Waals surface area contributed by atoms with Crippen molar-refractivity contribution in [1.82, 2.24) is 14.7 Å². The van der Waals surface area contributed by atoms with Crippen LogP contribution in [0.25, 0.3) is 0 Å². The molecule has 3 rings (SSSR count). The van der Waals surface area contributed by atoms with E-state index in [-0.39, 0.29) is 23.8 Å². The number of carbonyl (C=O) groups is 2. The van der Waals surface area contributed by atoms with Crippen LogP contribution in [0.2, 0.25) is 0 Å². The van der Waals surface area contributed by atoms with Gasteiger partial charge in [-0.15, -0.1) is 0 Å². The van der Waals surface area contributed by atoms with Crippen molar-refractivity contribution in [3.8, 4) is 0 Å². The lowest BCUT2D eigenvalue weighted by molar-refractivity contribution is -0.136. The van der Waals surface area contributed by atoms with E-state index in [1.54, 1.807) is 6.92 Å². The minimum Gasteiger partial charge on any atom is -0.394 e. The van der Waals surface area contributed by atoms with Crippen LogP contribution in [0.15, 0.2) is 0 Å². The first-order chi connectivity index (χ1) is 11.9. The van der Waals surface area contributed by atoms with Crippen LogP contribution in [-0.4, -0.2) is 83.0 Å². The summed E-state index contributed by atoms with van der Waals surface area (Å²) in [5.74, 6) is 0.292. The van der Waals surface area contributed by atoms with E-state index >= 15 is 0 Å². The average molecular weight is 351 g/mol. The molecule has 1 spiro atoms. The Hall–Kier alpha value is -1.14. The Bertz CT molecular complexity index is 510. The van der Waals surface area contributed by atoms with E-state index in [2.05, 4.69) is 4.90 Å². The Morgan fingerprint density at radius 3 is 2.20 bits per heavy atom. The van der Waals surface area contributed by atoms with E-state index in [9.17, 15) is 14.7 Å². The number of likely N-dealkylation sites (tertiary alicyclic amines) is 3. The molecule has 3 aliphatic rings. The molecule has 3 fully saturated rings. The molecule has 25 heavy (non-hydrogen) atoms. The van der Waals surface area contributed by atoms with E-state index < -0.39 is 5.54 Å². The molecule has 0 aromatic heterocycles. The molecule has 1 atom stereocenters. The van der Waals surface area contributed by atoms with Gasteiger partial charge in [-0.3, -0.25) is 14.5 Å². The summed E-state index contributed by atoms with van der Waals surface area (Å²) < 4.78 is 0. The molecule has 0 bridgehead atoms. The second-order valence-electron chi connectivity index (χ2n) is 8.65. The third-order valence-electron chi connectivity index (χ3n) is 6.61. The van der Waals surface area contributed by atoms with Crippen LogP contribution in [0, 0.1) is 5.41 Å². The lowest BCUT2D eigenvalue weighted by Gasteiger charge is -2.40. The fraction of sp³-hybridized carbons (Fsp3) is 0.895. The number of rotatable bonds is 3. The van der Waals surface area contributed by atoms with Crippen LogP contribution >= 0.6 is 0 Å². The number of piperidine rings is 2. The molecule has 6 heteroatoms. The number of hydrogen-bond acceptors (Lipinski definition) is 4. The quantitative estimate of drug-likeness (QED) is 0.827. The van der Waals surface area contributed by atoms with Crippen molar-refractivity contribution in [2.24, 2.45) is 5.41 Å². The van der Waals surface area contributed by atoms with Gasteiger partial charge in [-0.2, -0.15) is 0 Å². The predicted molar refractivity (Wildman–Crippen MR) is 96.0 cm³/mol. The number of carbonyl (C=O) groups excluding carboxylic acids is 2. The summed E-state index contributed by atoms with van der Waals surface area (Å²) in [5, 5.41) is 9.82. The Balaban J connectivity index is 1.56. The number of amides is 2. The highest BCUT2D eigenvalue weighted by Gasteiger charge is 2.52. The summed E-state index contributed by atoms with van der Waals surface area (Å²) in [7, 11) is 0. The number of aliphatic hydroxyl groups excluding tert-OH is 1. The molecule has 0 unspecified atom stereocenters. The first-order valence-corrected chi connectivity index (χ1v) is 9.77. The Morgan fingerprint density at radius 2 is 1.68 bits per heavy atom. The van der Waals surface area contributed by atoms with Crippen LogP contribution in [-0.2, 0) is 9.59 Å². The van der Waals surface area contributed by atoms with Gasteiger partial charge in [0.25, 0.3) is 0 Å². The first-order valence-electron chi connectivity index (χ1n) is 9.77. The highest BCUT2D eigenvalue weighted by molar-refractivity contribution is 5.78. The molecule has 3 aliphatic heterocycles. The topological polar surface area (TPSA) is 64.1 Å². The zero-order valence-electron chi connectivity index (χ0n) is 15.8. The Kier molecular flexibility index (Phi) is 5.40. The number of aliphatic hydroxyl groups is 1. The van der Waals surface area contributed by atoms with Crippen molar-refractivity contribution >= 4 is 11.8 Å². The van der Waals surface area contributed by atoms with E-state index in [1.165, 1.54) is 19.3 Å². The monoisotopic (exact) mass is 351 g/mol. The van der Waals surface area contributed by atoms with Gasteiger partial charge in [-0.25, -0.2) is 0 Å². The molecule has 2 amide bonds. The standard InChI is InChI=1S/C19H33N3O3/c1-16(24)22-14-19(13-18(22,2)15-23)6-10-21(11-7-19)17(25)12-20-8-4-3-5-9-20/h23H,3-15H2,1-2H3/t18-/m0/s1. The van der Waals surface area contributed by atoms with Crippen molar-refractivity contribution in [2.75, 3.05) is 45.9 Å². The summed E-state index contributed by atoms with van der Waals surface area (Å²) in [4.78, 5) is 30.7. The maximum absolute atomic E-state index is 12.6. The van der Waals surface area contributed by atoms with E-state index in [0.29, 0.717) is 13.1 Å². The van der Waals surface area contributed by atoms with Crippen molar-refractivity contribution in [3.63, 3.8) is 0 Å². The largest absolute Gasteiger partial charge is 0.394 e. The maximum atomic E-state index is 12.6. The van der Waals surface area contributed by atoms with Gasteiger partial charge in [-0.05, 0) is 57.5 Å². The van der Waals surface area contributed by atoms with Gasteiger partial charge in [0.05, 0.1) is 18.7 Å². The highest BCUT2D eigenvalue weighted by Crippen LogP contribution is 2.47. The van der Waals surface area contributed by atoms with Gasteiger partial charge < -0.3 is 14.9 Å². The third-order valence-corrected chi connectivity index (χ3v) is 6.61. The molecular formula is C19H33N3O3. The summed E-state index contributed by atoms with van der Waals surface area (Å²) >= 11 is 0. The fourth-order valence-electron chi connectivity index (χ4n) is 5.09. The summed E-state index contributed by atoms with van der Waals surface area (Å²) in [6, 6.07) is 0. The van der Waals surface area contributed by atoms with Crippen molar-refractivity contribution in [1.29, 1.82) is 0 Å². The lowest BCUT2D eigenvalue weighted by Crippen LogP contribution is -2.48. The molecular weight excluding hydrogens is 318 g/mol. The van der Waals surface area contributed by atoms with E-state index in [1.807, 2.05) is 16.7 Å². The van der Waals surface area contributed by atoms with Crippen molar-refractivity contribution < 1.29 is 14.7 Å². The summed E-state index contributed by atoms with van der Waals surface area (Å²) in [6.45, 7) is 8.50. The average Bonchev–Trinajstić information content (AvgIpc) is 2.90. The molecule has 0 aromatic rings. The molecule has 0 aromatic carbocycles. The zero-order chi connectivity index (χ0) is 18.1. The number of nitrogens with zero attached hydrogens (tertiary/aromatic N) is 3. The molecule has 0 saturated carbocycles. The summed E-state index contributed by atoms with van der Waals surface area (Å²) in [6.07, 6.45) is 6.39. The minimum atomic E-state index is -0.453. The molecule has 3 saturated heterocycles. The number of hydrogen-bond donors (Lipinski definition) is 1. The van der Waals surface area contributed by atoms with Crippen LogP contribution in [0.4, 0.5) is 0 Å². The maximum Gasteiger partial charge on any atom is 0.236 e. The van der Waals surface area contributed by atoms with Crippen LogP contribution in [0.1, 0.15) is 52.4 Å². The van der Waals surface area contributed by atoms with Gasteiger partial charge in [0.15, 0.2) is 0 Å². The van der Waals surface area contributed by atoms with Gasteiger partial charge in [0.1, 0.15) is 0 Å². The molecule has 0 radical (unpaired) electrons. The SMILES string of the molecule is CC(=O)N1CC2(CCN(C(=O)CN3CCCCC3)CC2)C[C@@]1(C)CO. The second-order valence-corrected chi connectivity index (χ2v) is 8.65. The normalized spacial score (nSPS) is 30.0. The van der Waals surface area contributed by atoms with Gasteiger partial charge in [0.2, 0.25) is 11.8 Å². The van der Waals surface area contributed by atoms with Crippen LogP contribution < -0.4 is 0 Å². The van der Waals surface area contributed by atoms with Crippen molar-refractivity contribution in [2.45, 2.75) is 57.9 Å². The molecule has 3 heterocycles. The van der Waals surface area contributed by atoms with Crippen LogP contribution in [0.5, 0.6) is 0 Å². The van der Waals surface area contributed by atoms with E-state index in [0.717, 1.165) is 45.4 Å². The lowest BCUT2D eigenvalue weighted by atomic mass is 9.74. The van der Waals surface area contributed by atoms with Gasteiger partial charge in [-0.1, -0.05) is 6.42 Å².